The first-order valence-electron chi connectivity index (χ1n) is 5.25. The van der Waals surface area contributed by atoms with Gasteiger partial charge in [0.2, 0.25) is 0 Å². The Balaban J connectivity index is -0.000000130. The Hall–Kier alpha value is -0.528. The molecule has 0 radical (unpaired) electrons. The van der Waals surface area contributed by atoms with Gasteiger partial charge in [0.15, 0.2) is 0 Å². The minimum absolute atomic E-state index is 0. The fourth-order valence-electron chi connectivity index (χ4n) is 0.846. The van der Waals surface area contributed by atoms with Crippen molar-refractivity contribution in [3.05, 3.63) is 29.8 Å². The van der Waals surface area contributed by atoms with Gasteiger partial charge < -0.3 is 30.1 Å². The fourth-order valence-corrected chi connectivity index (χ4v) is 1.57. The van der Waals surface area contributed by atoms with Gasteiger partial charge in [0.1, 0.15) is 0 Å². The van der Waals surface area contributed by atoms with Crippen molar-refractivity contribution in [2.24, 2.45) is 0 Å². The molecule has 0 aliphatic heterocycles. The predicted octanol–water partition coefficient (Wildman–Crippen LogP) is -2.63. The summed E-state index contributed by atoms with van der Waals surface area (Å²) in [6.07, 6.45) is 0. The molecular weight excluding hydrogens is 357 g/mol. The van der Waals surface area contributed by atoms with Crippen molar-refractivity contribution in [2.75, 3.05) is 0 Å². The monoisotopic (exact) mass is 372 g/mol. The molecule has 0 unspecified atom stereocenters. The summed E-state index contributed by atoms with van der Waals surface area (Å²) in [5.41, 5.74) is 0.551. The molecule has 0 saturated carbocycles. The Bertz CT molecular complexity index is 486. The number of halogens is 3. The van der Waals surface area contributed by atoms with Gasteiger partial charge in [0.05, 0.1) is 4.90 Å². The van der Waals surface area contributed by atoms with Gasteiger partial charge >= 0.3 is 41.0 Å². The first kappa shape index (κ1) is 31.3. The molecular formula is C7H15B3F3LiO9S. The zero-order valence-electron chi connectivity index (χ0n) is 11.5. The van der Waals surface area contributed by atoms with Crippen LogP contribution in [0.4, 0.5) is 12.9 Å². The van der Waals surface area contributed by atoms with Gasteiger partial charge in [0, 0.05) is 0 Å². The van der Waals surface area contributed by atoms with Gasteiger partial charge in [-0.15, -0.1) is 0 Å². The molecule has 0 amide bonds. The van der Waals surface area contributed by atoms with Crippen LogP contribution in [-0.2, 0) is 10.1 Å². The second-order valence-corrected chi connectivity index (χ2v) is 4.56. The topological polar surface area (TPSA) is 176 Å². The van der Waals surface area contributed by atoms with Crippen molar-refractivity contribution in [3.8, 4) is 0 Å². The molecule has 17 heteroatoms. The van der Waals surface area contributed by atoms with Gasteiger partial charge in [0.25, 0.3) is 10.1 Å². The van der Waals surface area contributed by atoms with E-state index in [-0.39, 0.29) is 23.8 Å². The van der Waals surface area contributed by atoms with Crippen LogP contribution in [0.2, 0.25) is 0 Å². The van der Waals surface area contributed by atoms with E-state index in [9.17, 15) is 21.4 Å². The van der Waals surface area contributed by atoms with Crippen LogP contribution in [0.25, 0.3) is 0 Å². The second-order valence-electron chi connectivity index (χ2n) is 3.17. The Labute approximate surface area is 149 Å². The van der Waals surface area contributed by atoms with Crippen molar-refractivity contribution < 1.29 is 56.1 Å². The van der Waals surface area contributed by atoms with E-state index in [0.717, 1.165) is 0 Å². The standard InChI is InChI=1S/C7H8O3S.3BFH2O2.Li.H/c1-6-4-2-3-5-7(6)11(8,9)10;3*2-1(3)4;;/h2-5H,1H3,(H,8,9,10);3*3-4H;;. The molecule has 1 rings (SSSR count). The van der Waals surface area contributed by atoms with Crippen LogP contribution in [0.5, 0.6) is 0 Å². The summed E-state index contributed by atoms with van der Waals surface area (Å²) in [5, 5.41) is 41.7. The Kier molecular flexibility index (Phi) is 22.5. The summed E-state index contributed by atoms with van der Waals surface area (Å²) in [5.74, 6) is 0. The third-order valence-electron chi connectivity index (χ3n) is 1.37. The van der Waals surface area contributed by atoms with Crippen LogP contribution in [0.3, 0.4) is 0 Å². The maximum absolute atomic E-state index is 10.6. The summed E-state index contributed by atoms with van der Waals surface area (Å²) in [4.78, 5) is -0.0278. The van der Waals surface area contributed by atoms with E-state index in [2.05, 4.69) is 0 Å². The van der Waals surface area contributed by atoms with Crippen LogP contribution in [0.1, 0.15) is 5.56 Å². The number of aryl methyl sites for hydroxylation is 1. The molecule has 0 aliphatic carbocycles. The molecule has 0 bridgehead atoms. The van der Waals surface area contributed by atoms with Crippen molar-refractivity contribution >= 4 is 51.2 Å². The molecule has 0 fully saturated rings. The van der Waals surface area contributed by atoms with Crippen LogP contribution in [-0.4, -0.2) is 84.2 Å². The SMILES string of the molecule is Cc1ccccc1S(=O)(=O)O.OB(O)F.OB(O)F.OB(O)F.[LiH]. The normalized spacial score (nSPS) is 8.62. The Morgan fingerprint density at radius 1 is 0.833 bits per heavy atom. The number of hydrogen-bond donors (Lipinski definition) is 7. The molecule has 7 N–H and O–H groups in total. The van der Waals surface area contributed by atoms with Gasteiger partial charge in [-0.1, -0.05) is 18.2 Å². The van der Waals surface area contributed by atoms with E-state index in [4.69, 9.17) is 34.7 Å². The Morgan fingerprint density at radius 3 is 1.25 bits per heavy atom. The molecule has 0 saturated heterocycles. The van der Waals surface area contributed by atoms with Gasteiger partial charge in [-0.2, -0.15) is 8.42 Å². The molecule has 134 valence electrons. The first-order chi connectivity index (χ1) is 10.2. The van der Waals surface area contributed by atoms with E-state index in [1.54, 1.807) is 25.1 Å². The van der Waals surface area contributed by atoms with Gasteiger partial charge in [-0.25, -0.2) is 0 Å². The van der Waals surface area contributed by atoms with Crippen molar-refractivity contribution in [2.45, 2.75) is 11.8 Å². The second kappa shape index (κ2) is 17.3. The molecule has 24 heavy (non-hydrogen) atoms. The summed E-state index contributed by atoms with van der Waals surface area (Å²) < 4.78 is 60.2. The molecule has 1 aromatic carbocycles. The molecule has 1 aromatic rings. The summed E-state index contributed by atoms with van der Waals surface area (Å²) in [7, 11) is -12.0. The maximum atomic E-state index is 10.6. The van der Waals surface area contributed by atoms with Crippen molar-refractivity contribution in [3.63, 3.8) is 0 Å². The summed E-state index contributed by atoms with van der Waals surface area (Å²) in [6, 6.07) is 6.27. The average Bonchev–Trinajstić information content (AvgIpc) is 2.25. The molecule has 0 aromatic heterocycles. The zero-order valence-corrected chi connectivity index (χ0v) is 12.3. The third kappa shape index (κ3) is 33.2. The number of hydrogen-bond acceptors (Lipinski definition) is 8. The average molecular weight is 372 g/mol. The van der Waals surface area contributed by atoms with Crippen LogP contribution < -0.4 is 0 Å². The van der Waals surface area contributed by atoms with E-state index in [1.165, 1.54) is 6.07 Å². The van der Waals surface area contributed by atoms with E-state index in [0.29, 0.717) is 5.56 Å². The van der Waals surface area contributed by atoms with E-state index in [1.807, 2.05) is 0 Å². The van der Waals surface area contributed by atoms with Crippen molar-refractivity contribution in [1.29, 1.82) is 0 Å². The number of benzene rings is 1. The molecule has 0 heterocycles. The first-order valence-corrected chi connectivity index (χ1v) is 6.69. The predicted molar refractivity (Wildman–Crippen MR) is 82.0 cm³/mol. The quantitative estimate of drug-likeness (QED) is 0.205. The molecule has 9 nitrogen and oxygen atoms in total. The summed E-state index contributed by atoms with van der Waals surface area (Å²) >= 11 is 0. The number of rotatable bonds is 1. The Morgan fingerprint density at radius 2 is 1.08 bits per heavy atom. The van der Waals surface area contributed by atoms with Crippen molar-refractivity contribution in [1.82, 2.24) is 0 Å². The molecule has 0 aliphatic rings. The minimum atomic E-state index is -4.03. The zero-order chi connectivity index (χ0) is 19.2. The molecule has 0 atom stereocenters. The van der Waals surface area contributed by atoms with E-state index >= 15 is 0 Å². The summed E-state index contributed by atoms with van der Waals surface area (Å²) in [6.45, 7) is 1.63. The van der Waals surface area contributed by atoms with Crippen LogP contribution >= 0.6 is 0 Å². The van der Waals surface area contributed by atoms with E-state index < -0.39 is 32.3 Å². The third-order valence-corrected chi connectivity index (χ3v) is 2.39. The fraction of sp³-hybridized carbons (Fsp3) is 0.143. The van der Waals surface area contributed by atoms with Crippen LogP contribution in [0, 0.1) is 6.92 Å². The van der Waals surface area contributed by atoms with Gasteiger partial charge in [-0.05, 0) is 18.6 Å². The van der Waals surface area contributed by atoms with Gasteiger partial charge in [-0.3, -0.25) is 17.5 Å². The van der Waals surface area contributed by atoms with Crippen LogP contribution in [0.15, 0.2) is 29.2 Å². The molecule has 0 spiro atoms.